The Morgan fingerprint density at radius 3 is 2.50 bits per heavy atom. The SMILES string of the molecule is O=Cc1cnc2cc(-c3ccccc3)ccc2c1. The van der Waals surface area contributed by atoms with E-state index in [-0.39, 0.29) is 0 Å². The summed E-state index contributed by atoms with van der Waals surface area (Å²) in [7, 11) is 0. The molecule has 1 heterocycles. The predicted molar refractivity (Wildman–Crippen MR) is 72.6 cm³/mol. The topological polar surface area (TPSA) is 30.0 Å². The Labute approximate surface area is 105 Å². The predicted octanol–water partition coefficient (Wildman–Crippen LogP) is 3.71. The van der Waals surface area contributed by atoms with E-state index in [9.17, 15) is 4.79 Å². The van der Waals surface area contributed by atoms with Crippen molar-refractivity contribution in [2.45, 2.75) is 0 Å². The molecule has 1 aromatic heterocycles. The maximum Gasteiger partial charge on any atom is 0.151 e. The Balaban J connectivity index is 2.15. The van der Waals surface area contributed by atoms with Crippen molar-refractivity contribution in [3.8, 4) is 11.1 Å². The minimum atomic E-state index is 0.606. The minimum absolute atomic E-state index is 0.606. The van der Waals surface area contributed by atoms with E-state index in [0.29, 0.717) is 5.56 Å². The Bertz CT molecular complexity index is 705. The van der Waals surface area contributed by atoms with E-state index in [1.807, 2.05) is 42.5 Å². The second kappa shape index (κ2) is 4.41. The van der Waals surface area contributed by atoms with Gasteiger partial charge in [-0.25, -0.2) is 0 Å². The van der Waals surface area contributed by atoms with Crippen molar-refractivity contribution in [1.29, 1.82) is 0 Å². The van der Waals surface area contributed by atoms with Crippen molar-refractivity contribution in [3.05, 3.63) is 66.4 Å². The zero-order valence-electron chi connectivity index (χ0n) is 9.71. The van der Waals surface area contributed by atoms with Gasteiger partial charge in [-0.1, -0.05) is 42.5 Å². The molecule has 0 radical (unpaired) electrons. The molecule has 2 nitrogen and oxygen atoms in total. The molecule has 0 aliphatic rings. The van der Waals surface area contributed by atoms with E-state index < -0.39 is 0 Å². The van der Waals surface area contributed by atoms with E-state index in [4.69, 9.17) is 0 Å². The molecule has 0 spiro atoms. The summed E-state index contributed by atoms with van der Waals surface area (Å²) in [6.45, 7) is 0. The van der Waals surface area contributed by atoms with E-state index >= 15 is 0 Å². The number of benzene rings is 2. The van der Waals surface area contributed by atoms with Gasteiger partial charge in [0.15, 0.2) is 6.29 Å². The first-order valence-electron chi connectivity index (χ1n) is 5.77. The number of carbonyl (C=O) groups is 1. The Kier molecular flexibility index (Phi) is 2.61. The molecule has 2 aromatic carbocycles. The van der Waals surface area contributed by atoms with Crippen molar-refractivity contribution in [2.75, 3.05) is 0 Å². The molecule has 86 valence electrons. The fourth-order valence-corrected chi connectivity index (χ4v) is 2.01. The van der Waals surface area contributed by atoms with Crippen LogP contribution in [0.2, 0.25) is 0 Å². The van der Waals surface area contributed by atoms with Crippen LogP contribution in [0.4, 0.5) is 0 Å². The summed E-state index contributed by atoms with van der Waals surface area (Å²) in [6, 6.07) is 18.1. The van der Waals surface area contributed by atoms with Gasteiger partial charge >= 0.3 is 0 Å². The molecule has 3 rings (SSSR count). The van der Waals surface area contributed by atoms with Crippen molar-refractivity contribution in [1.82, 2.24) is 4.98 Å². The van der Waals surface area contributed by atoms with Gasteiger partial charge in [0, 0.05) is 17.1 Å². The fraction of sp³-hybridized carbons (Fsp3) is 0. The molecule has 3 aromatic rings. The lowest BCUT2D eigenvalue weighted by molar-refractivity contribution is 0.112. The van der Waals surface area contributed by atoms with Crippen molar-refractivity contribution in [3.63, 3.8) is 0 Å². The largest absolute Gasteiger partial charge is 0.298 e. The van der Waals surface area contributed by atoms with E-state index in [1.54, 1.807) is 6.20 Å². The molecular weight excluding hydrogens is 222 g/mol. The maximum absolute atomic E-state index is 10.7. The van der Waals surface area contributed by atoms with Gasteiger partial charge in [0.25, 0.3) is 0 Å². The number of hydrogen-bond acceptors (Lipinski definition) is 2. The number of rotatable bonds is 2. The maximum atomic E-state index is 10.7. The zero-order valence-corrected chi connectivity index (χ0v) is 9.71. The second-order valence-electron chi connectivity index (χ2n) is 4.16. The van der Waals surface area contributed by atoms with Crippen LogP contribution in [0.3, 0.4) is 0 Å². The lowest BCUT2D eigenvalue weighted by atomic mass is 10.0. The first kappa shape index (κ1) is 10.7. The molecule has 2 heteroatoms. The summed E-state index contributed by atoms with van der Waals surface area (Å²) in [4.78, 5) is 15.0. The number of pyridine rings is 1. The Morgan fingerprint density at radius 2 is 1.72 bits per heavy atom. The van der Waals surface area contributed by atoms with Crippen molar-refractivity contribution >= 4 is 17.2 Å². The average molecular weight is 233 g/mol. The van der Waals surface area contributed by atoms with Gasteiger partial charge in [-0.2, -0.15) is 0 Å². The summed E-state index contributed by atoms with van der Waals surface area (Å²) in [5, 5.41) is 0.985. The summed E-state index contributed by atoms with van der Waals surface area (Å²) >= 11 is 0. The molecular formula is C16H11NO. The molecule has 0 bridgehead atoms. The quantitative estimate of drug-likeness (QED) is 0.631. The second-order valence-corrected chi connectivity index (χ2v) is 4.16. The Morgan fingerprint density at radius 1 is 0.889 bits per heavy atom. The van der Waals surface area contributed by atoms with Crippen LogP contribution in [-0.2, 0) is 0 Å². The summed E-state index contributed by atoms with van der Waals surface area (Å²) in [6.07, 6.45) is 2.42. The van der Waals surface area contributed by atoms with Gasteiger partial charge in [-0.3, -0.25) is 9.78 Å². The van der Waals surface area contributed by atoms with Gasteiger partial charge in [0.1, 0.15) is 0 Å². The molecule has 0 N–H and O–H groups in total. The molecule has 18 heavy (non-hydrogen) atoms. The molecule has 0 atom stereocenters. The highest BCUT2D eigenvalue weighted by Gasteiger charge is 2.01. The molecule has 0 amide bonds. The fourth-order valence-electron chi connectivity index (χ4n) is 2.01. The van der Waals surface area contributed by atoms with Crippen LogP contribution in [-0.4, -0.2) is 11.3 Å². The van der Waals surface area contributed by atoms with Crippen LogP contribution >= 0.6 is 0 Å². The van der Waals surface area contributed by atoms with Gasteiger partial charge in [0.2, 0.25) is 0 Å². The lowest BCUT2D eigenvalue weighted by Gasteiger charge is -2.03. The number of fused-ring (bicyclic) bond motifs is 1. The highest BCUT2D eigenvalue weighted by atomic mass is 16.1. The van der Waals surface area contributed by atoms with Crippen LogP contribution < -0.4 is 0 Å². The molecule has 0 saturated carbocycles. The summed E-state index contributed by atoms with van der Waals surface area (Å²) in [5.74, 6) is 0. The van der Waals surface area contributed by atoms with Crippen LogP contribution in [0.25, 0.3) is 22.0 Å². The van der Waals surface area contributed by atoms with Crippen LogP contribution in [0.15, 0.2) is 60.8 Å². The number of aromatic nitrogens is 1. The van der Waals surface area contributed by atoms with E-state index in [0.717, 1.165) is 22.8 Å². The zero-order chi connectivity index (χ0) is 12.4. The van der Waals surface area contributed by atoms with Crippen molar-refractivity contribution < 1.29 is 4.79 Å². The standard InChI is InChI=1S/C16H11NO/c18-11-12-8-15-7-6-14(9-16(15)17-10-12)13-4-2-1-3-5-13/h1-11H. The Hall–Kier alpha value is -2.48. The minimum Gasteiger partial charge on any atom is -0.298 e. The van der Waals surface area contributed by atoms with Crippen LogP contribution in [0, 0.1) is 0 Å². The number of nitrogens with zero attached hydrogens (tertiary/aromatic N) is 1. The highest BCUT2D eigenvalue weighted by Crippen LogP contribution is 2.23. The van der Waals surface area contributed by atoms with Crippen LogP contribution in [0.5, 0.6) is 0 Å². The van der Waals surface area contributed by atoms with E-state index in [2.05, 4.69) is 17.1 Å². The highest BCUT2D eigenvalue weighted by molar-refractivity contribution is 5.88. The molecule has 0 saturated heterocycles. The van der Waals surface area contributed by atoms with Gasteiger partial charge in [0.05, 0.1) is 5.52 Å². The third-order valence-electron chi connectivity index (χ3n) is 2.95. The van der Waals surface area contributed by atoms with Gasteiger partial charge < -0.3 is 0 Å². The molecule has 0 fully saturated rings. The van der Waals surface area contributed by atoms with Gasteiger partial charge in [-0.05, 0) is 23.3 Å². The summed E-state index contributed by atoms with van der Waals surface area (Å²) < 4.78 is 0. The molecule has 0 aliphatic carbocycles. The number of carbonyl (C=O) groups excluding carboxylic acids is 1. The third kappa shape index (κ3) is 1.89. The third-order valence-corrected chi connectivity index (χ3v) is 2.95. The molecule has 0 unspecified atom stereocenters. The smallest absolute Gasteiger partial charge is 0.151 e. The monoisotopic (exact) mass is 233 g/mol. The van der Waals surface area contributed by atoms with Gasteiger partial charge in [-0.15, -0.1) is 0 Å². The first-order chi connectivity index (χ1) is 8.86. The number of aldehydes is 1. The van der Waals surface area contributed by atoms with Crippen molar-refractivity contribution in [2.24, 2.45) is 0 Å². The number of hydrogen-bond donors (Lipinski definition) is 0. The summed E-state index contributed by atoms with van der Waals surface area (Å²) in [5.41, 5.74) is 3.81. The first-order valence-corrected chi connectivity index (χ1v) is 5.77. The average Bonchev–Trinajstić information content (AvgIpc) is 2.47. The lowest BCUT2D eigenvalue weighted by Crippen LogP contribution is -1.85. The normalized spacial score (nSPS) is 10.4. The van der Waals surface area contributed by atoms with E-state index in [1.165, 1.54) is 5.56 Å². The van der Waals surface area contributed by atoms with Crippen LogP contribution in [0.1, 0.15) is 10.4 Å². The molecule has 0 aliphatic heterocycles.